The molecule has 1 spiro atoms. The van der Waals surface area contributed by atoms with E-state index in [9.17, 15) is 19.4 Å². The molecule has 0 unspecified atom stereocenters. The lowest BCUT2D eigenvalue weighted by Gasteiger charge is -2.45. The maximum Gasteiger partial charge on any atom is 0.344 e. The van der Waals surface area contributed by atoms with Gasteiger partial charge in [-0.05, 0) is 68.8 Å². The molecule has 1 aromatic heterocycles. The van der Waals surface area contributed by atoms with Crippen LogP contribution in [0, 0.1) is 0 Å². The molecule has 8 nitrogen and oxygen atoms in total. The van der Waals surface area contributed by atoms with Gasteiger partial charge in [-0.1, -0.05) is 17.7 Å². The van der Waals surface area contributed by atoms with Gasteiger partial charge in [-0.15, -0.1) is 0 Å². The lowest BCUT2D eigenvalue weighted by Crippen LogP contribution is -2.53. The second-order valence-corrected chi connectivity index (χ2v) is 10.4. The molecule has 1 amide bonds. The van der Waals surface area contributed by atoms with Crippen molar-refractivity contribution in [3.63, 3.8) is 0 Å². The van der Waals surface area contributed by atoms with Crippen LogP contribution in [0.15, 0.2) is 30.5 Å². The zero-order valence-electron chi connectivity index (χ0n) is 19.8. The number of nitrogens with zero attached hydrogens (tertiary/aromatic N) is 5. The van der Waals surface area contributed by atoms with Crippen LogP contribution in [0.2, 0.25) is 5.02 Å². The first-order valence-corrected chi connectivity index (χ1v) is 12.9. The van der Waals surface area contributed by atoms with Gasteiger partial charge in [0.25, 0.3) is 0 Å². The van der Waals surface area contributed by atoms with Gasteiger partial charge in [0.2, 0.25) is 0 Å². The van der Waals surface area contributed by atoms with Gasteiger partial charge in [-0.25, -0.2) is 9.18 Å². The predicted octanol–water partition coefficient (Wildman–Crippen LogP) is 3.56. The summed E-state index contributed by atoms with van der Waals surface area (Å²) in [5.41, 5.74) is 2.44. The smallest absolute Gasteiger partial charge is 0.344 e. The standard InChI is InChI=1S/C25H33ClFN5O3/c26-19-3-2-18(22(16-19)29-11-4-20(27)5-12-29)17-31-10-1-7-25(31)8-14-30(15-9-25)24(35)32-13-6-21(28-32)23(33)34/h2-3,6,13,16,20,23,33-34H,1,4-5,7-12,14-15,17H2. The zero-order valence-corrected chi connectivity index (χ0v) is 20.6. The van der Waals surface area contributed by atoms with Gasteiger partial charge >= 0.3 is 6.03 Å². The molecule has 3 aliphatic rings. The minimum Gasteiger partial charge on any atom is -0.371 e. The third kappa shape index (κ3) is 5.05. The minimum absolute atomic E-state index is 0.0518. The Balaban J connectivity index is 1.27. The topological polar surface area (TPSA) is 85.1 Å². The second-order valence-electron chi connectivity index (χ2n) is 10.0. The highest BCUT2D eigenvalue weighted by Crippen LogP contribution is 2.41. The van der Waals surface area contributed by atoms with Crippen LogP contribution in [0.4, 0.5) is 14.9 Å². The molecule has 3 aliphatic heterocycles. The molecule has 0 aliphatic carbocycles. The zero-order chi connectivity index (χ0) is 24.6. The molecule has 190 valence electrons. The Kier molecular flexibility index (Phi) is 7.03. The van der Waals surface area contributed by atoms with Gasteiger partial charge in [-0.2, -0.15) is 9.78 Å². The van der Waals surface area contributed by atoms with E-state index >= 15 is 0 Å². The summed E-state index contributed by atoms with van der Waals surface area (Å²) in [5, 5.41) is 23.2. The Bertz CT molecular complexity index is 1050. The van der Waals surface area contributed by atoms with E-state index in [1.165, 1.54) is 22.5 Å². The van der Waals surface area contributed by atoms with Gasteiger partial charge in [0, 0.05) is 55.2 Å². The van der Waals surface area contributed by atoms with Crippen LogP contribution >= 0.6 is 11.6 Å². The average molecular weight is 506 g/mol. The number of aliphatic hydroxyl groups is 2. The summed E-state index contributed by atoms with van der Waals surface area (Å²) < 4.78 is 14.9. The quantitative estimate of drug-likeness (QED) is 0.618. The molecule has 0 bridgehead atoms. The fourth-order valence-electron chi connectivity index (χ4n) is 5.91. The number of halogens is 2. The van der Waals surface area contributed by atoms with Crippen molar-refractivity contribution in [3.05, 3.63) is 46.7 Å². The summed E-state index contributed by atoms with van der Waals surface area (Å²) in [4.78, 5) is 19.5. The Morgan fingerprint density at radius 2 is 1.86 bits per heavy atom. The molecule has 4 heterocycles. The number of hydrogen-bond donors (Lipinski definition) is 2. The van der Waals surface area contributed by atoms with Crippen molar-refractivity contribution < 1.29 is 19.4 Å². The number of piperidine rings is 2. The van der Waals surface area contributed by atoms with E-state index in [4.69, 9.17) is 11.6 Å². The van der Waals surface area contributed by atoms with Crippen LogP contribution in [0.3, 0.4) is 0 Å². The molecular weight excluding hydrogens is 473 g/mol. The highest BCUT2D eigenvalue weighted by atomic mass is 35.5. The van der Waals surface area contributed by atoms with Crippen molar-refractivity contribution in [2.75, 3.05) is 37.6 Å². The summed E-state index contributed by atoms with van der Waals surface area (Å²) in [6.07, 6.45) is 4.16. The first kappa shape index (κ1) is 24.5. The molecule has 0 atom stereocenters. The van der Waals surface area contributed by atoms with E-state index in [-0.39, 0.29) is 17.3 Å². The van der Waals surface area contributed by atoms with Crippen molar-refractivity contribution in [2.45, 2.75) is 63.1 Å². The minimum atomic E-state index is -1.69. The molecule has 10 heteroatoms. The van der Waals surface area contributed by atoms with Crippen LogP contribution in [-0.4, -0.2) is 80.3 Å². The molecule has 35 heavy (non-hydrogen) atoms. The van der Waals surface area contributed by atoms with Crippen molar-refractivity contribution in [1.82, 2.24) is 19.6 Å². The number of hydrogen-bond acceptors (Lipinski definition) is 6. The van der Waals surface area contributed by atoms with Gasteiger partial charge in [0.05, 0.1) is 0 Å². The molecule has 1 aromatic carbocycles. The van der Waals surface area contributed by atoms with Gasteiger partial charge < -0.3 is 20.0 Å². The number of carbonyl (C=O) groups excluding carboxylic acids is 1. The van der Waals surface area contributed by atoms with E-state index in [1.54, 1.807) is 4.90 Å². The average Bonchev–Trinajstić information content (AvgIpc) is 3.49. The first-order chi connectivity index (χ1) is 16.8. The fourth-order valence-corrected chi connectivity index (χ4v) is 6.07. The lowest BCUT2D eigenvalue weighted by molar-refractivity contribution is -0.0460. The number of anilines is 1. The molecular formula is C25H33ClFN5O3. The number of amides is 1. The summed E-state index contributed by atoms with van der Waals surface area (Å²) in [5.74, 6) is 0. The van der Waals surface area contributed by atoms with E-state index in [0.717, 1.165) is 44.5 Å². The van der Waals surface area contributed by atoms with Gasteiger partial charge in [-0.3, -0.25) is 4.90 Å². The van der Waals surface area contributed by atoms with E-state index < -0.39 is 12.5 Å². The summed E-state index contributed by atoms with van der Waals surface area (Å²) in [7, 11) is 0. The molecule has 0 radical (unpaired) electrons. The maximum atomic E-state index is 13.7. The normalized spacial score (nSPS) is 21.4. The van der Waals surface area contributed by atoms with E-state index in [0.29, 0.717) is 44.0 Å². The summed E-state index contributed by atoms with van der Waals surface area (Å²) >= 11 is 6.35. The van der Waals surface area contributed by atoms with Crippen LogP contribution in [0.1, 0.15) is 56.1 Å². The third-order valence-corrected chi connectivity index (χ3v) is 8.18. The number of rotatable bonds is 4. The summed E-state index contributed by atoms with van der Waals surface area (Å²) in [6, 6.07) is 7.25. The molecule has 2 aromatic rings. The number of benzene rings is 1. The van der Waals surface area contributed by atoms with Crippen LogP contribution in [0.25, 0.3) is 0 Å². The molecule has 2 N–H and O–H groups in total. The van der Waals surface area contributed by atoms with Crippen LogP contribution < -0.4 is 4.90 Å². The Morgan fingerprint density at radius 3 is 2.54 bits per heavy atom. The Morgan fingerprint density at radius 1 is 1.11 bits per heavy atom. The number of alkyl halides is 1. The fraction of sp³-hybridized carbons (Fsp3) is 0.600. The number of likely N-dealkylation sites (tertiary alicyclic amines) is 2. The number of aromatic nitrogens is 2. The summed E-state index contributed by atoms with van der Waals surface area (Å²) in [6.45, 7) is 4.50. The van der Waals surface area contributed by atoms with E-state index in [1.807, 2.05) is 12.1 Å². The van der Waals surface area contributed by atoms with Crippen molar-refractivity contribution in [3.8, 4) is 0 Å². The van der Waals surface area contributed by atoms with Gasteiger partial charge in [0.15, 0.2) is 6.29 Å². The third-order valence-electron chi connectivity index (χ3n) is 7.95. The highest BCUT2D eigenvalue weighted by Gasteiger charge is 2.44. The molecule has 3 saturated heterocycles. The lowest BCUT2D eigenvalue weighted by atomic mass is 9.84. The van der Waals surface area contributed by atoms with Gasteiger partial charge in [0.1, 0.15) is 11.9 Å². The molecule has 3 fully saturated rings. The van der Waals surface area contributed by atoms with Crippen LogP contribution in [0.5, 0.6) is 0 Å². The van der Waals surface area contributed by atoms with Crippen LogP contribution in [-0.2, 0) is 6.54 Å². The Labute approximate surface area is 209 Å². The Hall–Kier alpha value is -2.20. The predicted molar refractivity (Wildman–Crippen MR) is 131 cm³/mol. The SMILES string of the molecule is O=C(N1CCC2(CCCN2Cc2ccc(Cl)cc2N2CCC(F)CC2)CC1)n1ccc(C(O)O)n1. The van der Waals surface area contributed by atoms with Crippen molar-refractivity contribution in [2.24, 2.45) is 0 Å². The highest BCUT2D eigenvalue weighted by molar-refractivity contribution is 6.30. The maximum absolute atomic E-state index is 13.7. The number of carbonyl (C=O) groups is 1. The van der Waals surface area contributed by atoms with Crippen molar-refractivity contribution in [1.29, 1.82) is 0 Å². The molecule has 0 saturated carbocycles. The monoisotopic (exact) mass is 505 g/mol. The number of aliphatic hydroxyl groups excluding tert-OH is 1. The molecule has 5 rings (SSSR count). The van der Waals surface area contributed by atoms with E-state index in [2.05, 4.69) is 21.0 Å². The van der Waals surface area contributed by atoms with Crippen molar-refractivity contribution >= 4 is 23.3 Å². The second kappa shape index (κ2) is 10.0. The largest absolute Gasteiger partial charge is 0.371 e. The first-order valence-electron chi connectivity index (χ1n) is 12.5.